The molecular weight excluding hydrogens is 1870 g/mol. The summed E-state index contributed by atoms with van der Waals surface area (Å²) < 4.78 is 5.46. The Hall–Kier alpha value is -4.56. The van der Waals surface area contributed by atoms with Gasteiger partial charge in [-0.15, -0.1) is 0 Å². The number of hydrogen-bond acceptors (Lipinski definition) is 18. The third kappa shape index (κ3) is 97.6. The molecule has 1 aromatic carbocycles. The summed E-state index contributed by atoms with van der Waals surface area (Å²) >= 11 is 0. The second-order valence-electron chi connectivity index (χ2n) is 47.1. The highest BCUT2D eigenvalue weighted by atomic mass is 16.5. The van der Waals surface area contributed by atoms with Crippen LogP contribution in [0.5, 0.6) is 0 Å². The van der Waals surface area contributed by atoms with E-state index in [2.05, 4.69) is 274 Å². The number of benzene rings is 1. The molecule has 13 atom stereocenters. The molecule has 4 rings (SSSR count). The van der Waals surface area contributed by atoms with Gasteiger partial charge in [0.05, 0.1) is 37.2 Å². The first-order chi connectivity index (χ1) is 69.6. The Morgan fingerprint density at radius 1 is 0.383 bits per heavy atom. The summed E-state index contributed by atoms with van der Waals surface area (Å²) in [6.07, 6.45) is 33.1. The summed E-state index contributed by atoms with van der Waals surface area (Å²) in [4.78, 5) is 62.4. The minimum atomic E-state index is -0.830. The number of unbranched alkanes of at least 4 members (excludes halogenated alkanes) is 2. The van der Waals surface area contributed by atoms with Crippen LogP contribution in [-0.2, 0) is 35.3 Å². The molecule has 22 nitrogen and oxygen atoms in total. The number of ether oxygens (including phenoxy) is 1. The Morgan fingerprint density at radius 2 is 0.745 bits per heavy atom. The first-order valence-corrected chi connectivity index (χ1v) is 59.7. The predicted octanol–water partition coefficient (Wildman–Crippen LogP) is 27.2. The normalized spacial score (nSPS) is 14.9. The third-order valence-electron chi connectivity index (χ3n) is 28.4. The van der Waals surface area contributed by atoms with Crippen LogP contribution < -0.4 is 27.0 Å². The maximum atomic E-state index is 12.0. The van der Waals surface area contributed by atoms with Gasteiger partial charge in [0.1, 0.15) is 5.78 Å². The zero-order chi connectivity index (χ0) is 116. The highest BCUT2D eigenvalue weighted by Crippen LogP contribution is 2.37. The molecule has 2 unspecified atom stereocenters. The molecule has 16 N–H and O–H groups in total. The molecule has 1 aromatic heterocycles. The van der Waals surface area contributed by atoms with Crippen LogP contribution in [0.25, 0.3) is 0 Å². The maximum Gasteiger partial charge on any atom is 0.223 e. The Bertz CT molecular complexity index is 3070. The lowest BCUT2D eigenvalue weighted by atomic mass is 9.83. The smallest absolute Gasteiger partial charge is 0.223 e. The van der Waals surface area contributed by atoms with Crippen LogP contribution in [0.1, 0.15) is 468 Å². The van der Waals surface area contributed by atoms with E-state index in [-0.39, 0.29) is 93.0 Å². The molecule has 22 heteroatoms. The molecule has 1 saturated heterocycles. The lowest BCUT2D eigenvalue weighted by Crippen LogP contribution is -2.42. The highest BCUT2D eigenvalue weighted by molar-refractivity contribution is 5.81. The van der Waals surface area contributed by atoms with Gasteiger partial charge in [0.2, 0.25) is 23.6 Å². The van der Waals surface area contributed by atoms with Gasteiger partial charge in [-0.2, -0.15) is 0 Å². The van der Waals surface area contributed by atoms with Gasteiger partial charge >= 0.3 is 0 Å². The van der Waals surface area contributed by atoms with Gasteiger partial charge in [0.25, 0.3) is 0 Å². The number of carbonyl (C=O) groups excluding carboxylic acids is 5. The summed E-state index contributed by atoms with van der Waals surface area (Å²) in [7, 11) is 0. The summed E-state index contributed by atoms with van der Waals surface area (Å²) in [6, 6.07) is 15.9. The number of amides is 4. The van der Waals surface area contributed by atoms with Gasteiger partial charge in [-0.1, -0.05) is 390 Å². The van der Waals surface area contributed by atoms with Gasteiger partial charge in [0.15, 0.2) is 0 Å². The van der Waals surface area contributed by atoms with E-state index in [0.717, 1.165) is 94.8 Å². The van der Waals surface area contributed by atoms with Crippen LogP contribution in [0.3, 0.4) is 0 Å². The molecule has 2 aliphatic rings. The van der Waals surface area contributed by atoms with E-state index in [4.69, 9.17) is 56.4 Å². The van der Waals surface area contributed by atoms with Crippen LogP contribution in [0.15, 0.2) is 54.7 Å². The number of hydrogen-bond donors (Lipinski definition) is 15. The summed E-state index contributed by atoms with van der Waals surface area (Å²) in [5.41, 5.74) is 6.62. The Morgan fingerprint density at radius 3 is 1.01 bits per heavy atom. The van der Waals surface area contributed by atoms with Crippen molar-refractivity contribution in [2.45, 2.75) is 475 Å². The number of aromatic nitrogens is 1. The van der Waals surface area contributed by atoms with E-state index in [1.54, 1.807) is 20.0 Å². The average Bonchev–Trinajstić information content (AvgIpc) is 1.84. The molecule has 0 radical (unpaired) electrons. The number of nitrogens with zero attached hydrogens (tertiary/aromatic N) is 1. The lowest BCUT2D eigenvalue weighted by molar-refractivity contribution is -0.128. The van der Waals surface area contributed by atoms with Crippen molar-refractivity contribution in [2.75, 3.05) is 92.2 Å². The molecule has 2 fully saturated rings. The minimum absolute atomic E-state index is 0. The Labute approximate surface area is 923 Å². The standard InChI is InChI=1S/C14H22N2O.C12H25NO2.C11H16O.C10H22N2O.C10H21NO2.C10H22O.C10H20O.C9H18O.2C9H20O.C8H16O.C8H18O.C6H14O2.CH4/c1-4-7-13(11(2)3)14(17)16-10-12-8-5-6-9-15-12;1-6-7-10(9(2)3)11(14)13-8-12(4,5)15;1-9(2)11(8-12)10-6-4-3-5-7-10;1-4-5-9(8(2)3)10(13)12-7-6-11;1-4-5-9(8(2)3)10(13)11-6-7-12;1-5-6-9(4)10(7-11)8(2)3;1-5-7-9(8(3)4)10(11)6-2;1-7(2)9(6-10)5-8-3-4-8;2*1-4-5-6-9(7-10)8(2)3;1-7(2)6-8-4-3-5-9-8;1-4-5-8(6-9)7(2)3;1-5(2)6(3-7)4-8;/h5-6,8-9,11,13H,4,7,10H2,1-3H3,(H,16,17);9-10,15H,6-8H2,1-5H3,(H,13,14);3-7,9,11-12H,8H2,1-2H3;8-9H,4-7,11H2,1-3H3,(H,12,13);8-9,12H,4-7H2,1-3H3,(H,11,13);8-11H,5-7H2,1-4H3;8-9H,5-7H2,1-4H3;7-10H,3-6H2,1-2H3;2*8-10H,4-7H2,1-3H3;7-8H,3-6H2,1-2H3;7-9H,4-6H2,1-3H3;5-8H,3-4H2,1-2H3;1H4/t13-;10-;11-;2*9-;9-,10-;3*9-;;;8-;;/m110110100..1../s1. The van der Waals surface area contributed by atoms with Crippen LogP contribution in [0.4, 0.5) is 0 Å². The fraction of sp³-hybridized carbons (Fsp3) is 0.874. The number of Topliss-reactive ketones (excluding diaryl/α,β-unsaturated/α-hetero) is 1. The topological polar surface area (TPSA) is 384 Å². The second-order valence-corrected chi connectivity index (χ2v) is 47.1. The van der Waals surface area contributed by atoms with Gasteiger partial charge in [-0.05, 0) is 227 Å². The molecule has 0 bridgehead atoms. The predicted molar refractivity (Wildman–Crippen MR) is 640 cm³/mol. The minimum Gasteiger partial charge on any atom is -0.396 e. The van der Waals surface area contributed by atoms with Crippen LogP contribution in [0.2, 0.25) is 0 Å². The second kappa shape index (κ2) is 109. The van der Waals surface area contributed by atoms with E-state index >= 15 is 0 Å². The van der Waals surface area contributed by atoms with Gasteiger partial charge in [-0.3, -0.25) is 29.0 Å². The van der Waals surface area contributed by atoms with Gasteiger partial charge in [0, 0.05) is 133 Å². The van der Waals surface area contributed by atoms with Crippen molar-refractivity contribution in [1.29, 1.82) is 0 Å². The van der Waals surface area contributed by atoms with Crippen molar-refractivity contribution in [3.8, 4) is 0 Å². The molecule has 1 saturated carbocycles. The molecule has 2 heterocycles. The Kier molecular flexibility index (Phi) is 120. The van der Waals surface area contributed by atoms with E-state index < -0.39 is 5.60 Å². The fourth-order valence-electron chi connectivity index (χ4n) is 17.1. The van der Waals surface area contributed by atoms with Crippen molar-refractivity contribution in [1.82, 2.24) is 26.3 Å². The average molecular weight is 2130 g/mol. The first-order valence-electron chi connectivity index (χ1n) is 59.7. The molecular formula is C127H258N6O16. The number of rotatable bonds is 60. The number of carbonyl (C=O) groups is 5. The summed E-state index contributed by atoms with van der Waals surface area (Å²) in [5.74, 6) is 13.1. The van der Waals surface area contributed by atoms with E-state index in [0.29, 0.717) is 197 Å². The number of nitrogens with two attached hydrogens (primary N) is 1. The number of aliphatic hydroxyl groups is 10. The SMILES string of the molecule is C.CC(C)C(CO)CO.CC(C)CC1CCCO1.CC(C)[C@H](CO)CC1CC1.CC(C)[C@H](CO)c1ccccc1.CCCCC(CO)C(C)C.CCCC[C@@H](CO)C(C)C.CCC[C@@H](C(=O)CC)C(C)C.CCC[C@@H](C(=O)NCC(C)(C)O)C(C)C.CCC[C@@H](C(=O)NCCN)C(C)C.CCC[C@@H](C(=O)NCCO)C(C)C.CCC[C@@H](C(=O)NCc1ccccn1)C(C)C.CCC[C@H](C)[C@@H](CO)C(C)C.CCC[C@H](CO)C(C)C. The third-order valence-corrected chi connectivity index (χ3v) is 28.4. The molecule has 2 aromatic rings. The molecule has 892 valence electrons. The van der Waals surface area contributed by atoms with E-state index in [9.17, 15) is 29.1 Å². The van der Waals surface area contributed by atoms with Gasteiger partial charge < -0.3 is 82.8 Å². The quantitative estimate of drug-likeness (QED) is 0.0292. The zero-order valence-electron chi connectivity index (χ0n) is 104. The molecule has 1 aliphatic heterocycles. The Balaban J connectivity index is -0.000000176. The molecule has 149 heavy (non-hydrogen) atoms. The fourth-order valence-corrected chi connectivity index (χ4v) is 17.1. The molecule has 1 aliphatic carbocycles. The molecule has 0 spiro atoms. The van der Waals surface area contributed by atoms with E-state index in [1.165, 1.54) is 102 Å². The van der Waals surface area contributed by atoms with Crippen molar-refractivity contribution >= 4 is 29.4 Å². The van der Waals surface area contributed by atoms with Crippen molar-refractivity contribution in [2.24, 2.45) is 160 Å². The number of aliphatic hydroxyl groups excluding tert-OH is 9. The maximum absolute atomic E-state index is 12.0. The van der Waals surface area contributed by atoms with E-state index in [1.807, 2.05) is 57.2 Å². The lowest BCUT2D eigenvalue weighted by Gasteiger charge is -2.24. The van der Waals surface area contributed by atoms with Crippen molar-refractivity contribution < 1.29 is 79.8 Å². The largest absolute Gasteiger partial charge is 0.396 e. The first kappa shape index (κ1) is 164. The van der Waals surface area contributed by atoms with Crippen LogP contribution in [0, 0.1) is 154 Å². The monoisotopic (exact) mass is 2120 g/mol. The van der Waals surface area contributed by atoms with Gasteiger partial charge in [-0.25, -0.2) is 0 Å². The summed E-state index contributed by atoms with van der Waals surface area (Å²) in [5, 5.41) is 100. The van der Waals surface area contributed by atoms with Crippen LogP contribution in [-0.4, -0.2) is 189 Å². The molecule has 4 amide bonds. The number of pyridine rings is 1. The van der Waals surface area contributed by atoms with Crippen LogP contribution >= 0.6 is 0 Å². The zero-order valence-corrected chi connectivity index (χ0v) is 104. The summed E-state index contributed by atoms with van der Waals surface area (Å²) in [6.45, 7) is 87.8. The van der Waals surface area contributed by atoms with Crippen molar-refractivity contribution in [3.63, 3.8) is 0 Å². The van der Waals surface area contributed by atoms with Crippen molar-refractivity contribution in [3.05, 3.63) is 66.0 Å². The number of ketones is 1. The number of nitrogens with one attached hydrogen (secondary N) is 4. The highest BCUT2D eigenvalue weighted by Gasteiger charge is 2.29.